The average molecular weight is 454 g/mol. The van der Waals surface area contributed by atoms with E-state index in [9.17, 15) is 13.2 Å². The van der Waals surface area contributed by atoms with Crippen LogP contribution < -0.4 is 4.90 Å². The molecule has 3 heterocycles. The first-order valence-electron chi connectivity index (χ1n) is 9.77. The van der Waals surface area contributed by atoms with Gasteiger partial charge in [-0.2, -0.15) is 9.40 Å². The lowest BCUT2D eigenvalue weighted by Crippen LogP contribution is -2.49. The largest absolute Gasteiger partial charge is 0.378 e. The van der Waals surface area contributed by atoms with Crippen molar-refractivity contribution < 1.29 is 17.9 Å². The Balaban J connectivity index is 1.51. The maximum absolute atomic E-state index is 13.3. The zero-order valence-corrected chi connectivity index (χ0v) is 18.3. The lowest BCUT2D eigenvalue weighted by molar-refractivity contribution is 0.0300. The SMILES string of the molecule is Cn1cc(C(=O)N2CCOCC2)c(S(=O)(=O)N2CCN(c3ccc(Cl)cc3)CC2)n1. The highest BCUT2D eigenvalue weighted by molar-refractivity contribution is 7.89. The van der Waals surface area contributed by atoms with Crippen LogP contribution in [-0.2, 0) is 21.8 Å². The van der Waals surface area contributed by atoms with Gasteiger partial charge in [-0.15, -0.1) is 0 Å². The lowest BCUT2D eigenvalue weighted by Gasteiger charge is -2.35. The number of aromatic nitrogens is 2. The first kappa shape index (κ1) is 21.1. The van der Waals surface area contributed by atoms with Gasteiger partial charge in [-0.05, 0) is 24.3 Å². The average Bonchev–Trinajstić information content (AvgIpc) is 3.17. The van der Waals surface area contributed by atoms with Crippen molar-refractivity contribution in [3.63, 3.8) is 0 Å². The maximum Gasteiger partial charge on any atom is 0.263 e. The second kappa shape index (κ2) is 8.54. The Bertz CT molecular complexity index is 1010. The second-order valence-electron chi connectivity index (χ2n) is 7.29. The first-order valence-corrected chi connectivity index (χ1v) is 11.6. The van der Waals surface area contributed by atoms with Crippen molar-refractivity contribution in [1.29, 1.82) is 0 Å². The highest BCUT2D eigenvalue weighted by Gasteiger charge is 2.36. The minimum atomic E-state index is -3.89. The van der Waals surface area contributed by atoms with Crippen molar-refractivity contribution in [1.82, 2.24) is 19.0 Å². The summed E-state index contributed by atoms with van der Waals surface area (Å²) in [6.45, 7) is 3.47. The Morgan fingerprint density at radius 1 is 1.03 bits per heavy atom. The molecule has 30 heavy (non-hydrogen) atoms. The molecule has 11 heteroatoms. The zero-order valence-electron chi connectivity index (χ0n) is 16.7. The van der Waals surface area contributed by atoms with Gasteiger partial charge in [0.1, 0.15) is 0 Å². The number of aryl methyl sites for hydroxylation is 1. The van der Waals surface area contributed by atoms with Crippen molar-refractivity contribution in [2.45, 2.75) is 5.03 Å². The highest BCUT2D eigenvalue weighted by atomic mass is 35.5. The maximum atomic E-state index is 13.3. The number of ether oxygens (including phenoxy) is 1. The molecule has 0 unspecified atom stereocenters. The quantitative estimate of drug-likeness (QED) is 0.687. The van der Waals surface area contributed by atoms with Gasteiger partial charge in [-0.25, -0.2) is 8.42 Å². The van der Waals surface area contributed by atoms with Crippen molar-refractivity contribution in [2.75, 3.05) is 57.4 Å². The lowest BCUT2D eigenvalue weighted by atomic mass is 10.2. The van der Waals surface area contributed by atoms with E-state index in [4.69, 9.17) is 16.3 Å². The van der Waals surface area contributed by atoms with Gasteiger partial charge in [0.25, 0.3) is 15.9 Å². The number of carbonyl (C=O) groups is 1. The van der Waals surface area contributed by atoms with Crippen LogP contribution in [0.25, 0.3) is 0 Å². The van der Waals surface area contributed by atoms with Crippen LogP contribution in [0.15, 0.2) is 35.5 Å². The Hall–Kier alpha value is -2.14. The second-order valence-corrected chi connectivity index (χ2v) is 9.58. The van der Waals surface area contributed by atoms with Crippen LogP contribution in [0.4, 0.5) is 5.69 Å². The Morgan fingerprint density at radius 3 is 2.30 bits per heavy atom. The molecule has 1 aromatic heterocycles. The third-order valence-corrected chi connectivity index (χ3v) is 7.43. The van der Waals surface area contributed by atoms with Crippen LogP contribution >= 0.6 is 11.6 Å². The van der Waals surface area contributed by atoms with Crippen LogP contribution in [0.5, 0.6) is 0 Å². The molecule has 162 valence electrons. The normalized spacial score (nSPS) is 18.6. The van der Waals surface area contributed by atoms with Crippen molar-refractivity contribution >= 4 is 33.2 Å². The number of sulfonamides is 1. The van der Waals surface area contributed by atoms with Crippen molar-refractivity contribution in [2.24, 2.45) is 7.05 Å². The standard InChI is InChI=1S/C19H24ClN5O4S/c1-22-14-17(19(26)24-10-12-29-13-11-24)18(21-22)30(27,28)25-8-6-23(7-9-25)16-4-2-15(20)3-5-16/h2-5,14H,6-13H2,1H3. The molecule has 0 radical (unpaired) electrons. The number of benzene rings is 1. The molecule has 1 aromatic carbocycles. The van der Waals surface area contributed by atoms with Gasteiger partial charge in [-0.3, -0.25) is 9.48 Å². The van der Waals surface area contributed by atoms with Gasteiger partial charge in [0.05, 0.1) is 18.8 Å². The number of piperazine rings is 1. The molecule has 0 spiro atoms. The summed E-state index contributed by atoms with van der Waals surface area (Å²) in [6.07, 6.45) is 1.48. The molecule has 0 aliphatic carbocycles. The van der Waals surface area contributed by atoms with Crippen LogP contribution in [0, 0.1) is 0 Å². The molecular formula is C19H24ClN5O4S. The summed E-state index contributed by atoms with van der Waals surface area (Å²) >= 11 is 5.95. The zero-order chi connectivity index (χ0) is 21.3. The molecule has 0 atom stereocenters. The van der Waals surface area contributed by atoms with Gasteiger partial charge < -0.3 is 14.5 Å². The van der Waals surface area contributed by atoms with Gasteiger partial charge in [0.2, 0.25) is 5.03 Å². The molecule has 0 N–H and O–H groups in total. The smallest absolute Gasteiger partial charge is 0.263 e. The fourth-order valence-electron chi connectivity index (χ4n) is 3.70. The van der Waals surface area contributed by atoms with E-state index in [1.807, 2.05) is 24.3 Å². The van der Waals surface area contributed by atoms with Gasteiger partial charge in [0, 0.05) is 63.2 Å². The molecule has 1 amide bonds. The third kappa shape index (κ3) is 4.18. The molecule has 0 saturated carbocycles. The van der Waals surface area contributed by atoms with Gasteiger partial charge in [0.15, 0.2) is 0 Å². The molecule has 4 rings (SSSR count). The summed E-state index contributed by atoms with van der Waals surface area (Å²) in [6, 6.07) is 7.48. The van der Waals surface area contributed by atoms with E-state index in [2.05, 4.69) is 10.00 Å². The Kier molecular flexibility index (Phi) is 6.01. The van der Waals surface area contributed by atoms with E-state index in [0.29, 0.717) is 57.5 Å². The fraction of sp³-hybridized carbons (Fsp3) is 0.474. The molecule has 2 aliphatic heterocycles. The molecule has 9 nitrogen and oxygen atoms in total. The predicted molar refractivity (Wildman–Crippen MR) is 112 cm³/mol. The van der Waals surface area contributed by atoms with E-state index in [-0.39, 0.29) is 16.5 Å². The number of anilines is 1. The number of rotatable bonds is 4. The number of morpholine rings is 1. The third-order valence-electron chi connectivity index (χ3n) is 5.34. The first-order chi connectivity index (χ1) is 14.4. The van der Waals surface area contributed by atoms with E-state index in [1.165, 1.54) is 15.2 Å². The summed E-state index contributed by atoms with van der Waals surface area (Å²) in [7, 11) is -2.27. The number of hydrogen-bond donors (Lipinski definition) is 0. The van der Waals surface area contributed by atoms with E-state index in [1.54, 1.807) is 11.9 Å². The summed E-state index contributed by atoms with van der Waals surface area (Å²) in [5.41, 5.74) is 1.11. The van der Waals surface area contributed by atoms with Crippen LogP contribution in [0.1, 0.15) is 10.4 Å². The number of halogens is 1. The molecule has 2 fully saturated rings. The number of nitrogens with zero attached hydrogens (tertiary/aromatic N) is 5. The topological polar surface area (TPSA) is 88.0 Å². The summed E-state index contributed by atoms with van der Waals surface area (Å²) < 4.78 is 34.7. The van der Waals surface area contributed by atoms with E-state index in [0.717, 1.165) is 5.69 Å². The summed E-state index contributed by atoms with van der Waals surface area (Å²) in [5.74, 6) is -0.329. The van der Waals surface area contributed by atoms with Crippen LogP contribution in [0.3, 0.4) is 0 Å². The number of carbonyl (C=O) groups excluding carboxylic acids is 1. The molecule has 2 aromatic rings. The Morgan fingerprint density at radius 2 is 1.67 bits per heavy atom. The van der Waals surface area contributed by atoms with E-state index < -0.39 is 10.0 Å². The summed E-state index contributed by atoms with van der Waals surface area (Å²) in [4.78, 5) is 16.7. The number of hydrogen-bond acceptors (Lipinski definition) is 6. The van der Waals surface area contributed by atoms with Crippen LogP contribution in [-0.4, -0.2) is 85.8 Å². The van der Waals surface area contributed by atoms with Crippen molar-refractivity contribution in [3.05, 3.63) is 41.0 Å². The predicted octanol–water partition coefficient (Wildman–Crippen LogP) is 1.06. The van der Waals surface area contributed by atoms with Gasteiger partial charge >= 0.3 is 0 Å². The van der Waals surface area contributed by atoms with Crippen LogP contribution in [0.2, 0.25) is 5.02 Å². The molecule has 2 saturated heterocycles. The molecule has 2 aliphatic rings. The van der Waals surface area contributed by atoms with Gasteiger partial charge in [-0.1, -0.05) is 11.6 Å². The highest BCUT2D eigenvalue weighted by Crippen LogP contribution is 2.24. The molecule has 0 bridgehead atoms. The molecular weight excluding hydrogens is 430 g/mol. The van der Waals surface area contributed by atoms with Crippen molar-refractivity contribution in [3.8, 4) is 0 Å². The minimum absolute atomic E-state index is 0.111. The Labute approximate surface area is 180 Å². The summed E-state index contributed by atoms with van der Waals surface area (Å²) in [5, 5.41) is 4.62. The minimum Gasteiger partial charge on any atom is -0.378 e. The number of amides is 1. The van der Waals surface area contributed by atoms with E-state index >= 15 is 0 Å². The monoisotopic (exact) mass is 453 g/mol. The fourth-order valence-corrected chi connectivity index (χ4v) is 5.37.